The van der Waals surface area contributed by atoms with Gasteiger partial charge in [-0.1, -0.05) is 12.1 Å². The average Bonchev–Trinajstić information content (AvgIpc) is 2.69. The minimum absolute atomic E-state index is 0.278. The zero-order valence-corrected chi connectivity index (χ0v) is 8.08. The molecule has 1 aromatic carbocycles. The van der Waals surface area contributed by atoms with Crippen LogP contribution in [0, 0.1) is 6.92 Å². The van der Waals surface area contributed by atoms with Crippen LogP contribution in [0.1, 0.15) is 22.5 Å². The Kier molecular flexibility index (Phi) is 1.38. The minimum atomic E-state index is 0.278. The molecule has 0 saturated heterocycles. The second-order valence-electron chi connectivity index (χ2n) is 3.86. The third-order valence-corrected chi connectivity index (χ3v) is 3.01. The maximum absolute atomic E-state index is 11.5. The highest BCUT2D eigenvalue weighted by molar-refractivity contribution is 6.02. The van der Waals surface area contributed by atoms with Crippen molar-refractivity contribution < 1.29 is 4.79 Å². The highest BCUT2D eigenvalue weighted by Crippen LogP contribution is 2.27. The predicted octanol–water partition coefficient (Wildman–Crippen LogP) is 2.54. The Labute approximate surface area is 82.1 Å². The van der Waals surface area contributed by atoms with Crippen molar-refractivity contribution in [1.82, 2.24) is 4.57 Å². The topological polar surface area (TPSA) is 22.0 Å². The summed E-state index contributed by atoms with van der Waals surface area (Å²) in [5.41, 5.74) is 3.33. The first kappa shape index (κ1) is 7.80. The van der Waals surface area contributed by atoms with Crippen LogP contribution in [-0.4, -0.2) is 10.4 Å². The van der Waals surface area contributed by atoms with Crippen molar-refractivity contribution in [2.75, 3.05) is 0 Å². The van der Waals surface area contributed by atoms with Crippen LogP contribution in [-0.2, 0) is 6.54 Å². The molecule has 0 amide bonds. The summed E-state index contributed by atoms with van der Waals surface area (Å²) in [6, 6.07) is 8.25. The summed E-state index contributed by atoms with van der Waals surface area (Å²) in [5.74, 6) is 0.278. The van der Waals surface area contributed by atoms with E-state index in [-0.39, 0.29) is 5.78 Å². The second-order valence-corrected chi connectivity index (χ2v) is 3.86. The smallest absolute Gasteiger partial charge is 0.181 e. The SMILES string of the molecule is Cc1cccc2c1cc1n2CCC1=O. The van der Waals surface area contributed by atoms with Crippen LogP contribution in [0.4, 0.5) is 0 Å². The van der Waals surface area contributed by atoms with Crippen LogP contribution >= 0.6 is 0 Å². The summed E-state index contributed by atoms with van der Waals surface area (Å²) < 4.78 is 2.13. The number of benzene rings is 1. The number of aromatic nitrogens is 1. The highest BCUT2D eigenvalue weighted by Gasteiger charge is 2.21. The number of hydrogen-bond donors (Lipinski definition) is 0. The molecule has 0 N–H and O–H groups in total. The number of hydrogen-bond acceptors (Lipinski definition) is 1. The van der Waals surface area contributed by atoms with Gasteiger partial charge >= 0.3 is 0 Å². The number of carbonyl (C=O) groups is 1. The Balaban J connectivity index is 2.45. The number of rotatable bonds is 0. The van der Waals surface area contributed by atoms with Crippen molar-refractivity contribution >= 4 is 16.7 Å². The molecule has 0 aliphatic carbocycles. The molecule has 1 aliphatic heterocycles. The first-order valence-electron chi connectivity index (χ1n) is 4.89. The van der Waals surface area contributed by atoms with Crippen molar-refractivity contribution in [2.45, 2.75) is 19.9 Å². The van der Waals surface area contributed by atoms with E-state index in [0.29, 0.717) is 6.42 Å². The third kappa shape index (κ3) is 0.830. The van der Waals surface area contributed by atoms with Crippen molar-refractivity contribution in [2.24, 2.45) is 0 Å². The Morgan fingerprint density at radius 2 is 2.21 bits per heavy atom. The molecule has 2 heteroatoms. The summed E-state index contributed by atoms with van der Waals surface area (Å²) in [6.07, 6.45) is 0.666. The molecular formula is C12H11NO. The van der Waals surface area contributed by atoms with Crippen LogP contribution in [0.3, 0.4) is 0 Å². The second kappa shape index (κ2) is 2.47. The number of fused-ring (bicyclic) bond motifs is 3. The summed E-state index contributed by atoms with van der Waals surface area (Å²) in [5, 5.41) is 1.22. The molecule has 3 rings (SSSR count). The lowest BCUT2D eigenvalue weighted by Crippen LogP contribution is -1.91. The molecule has 0 bridgehead atoms. The van der Waals surface area contributed by atoms with E-state index < -0.39 is 0 Å². The zero-order chi connectivity index (χ0) is 9.71. The quantitative estimate of drug-likeness (QED) is 0.618. The fourth-order valence-corrected chi connectivity index (χ4v) is 2.25. The molecule has 14 heavy (non-hydrogen) atoms. The summed E-state index contributed by atoms with van der Waals surface area (Å²) in [7, 11) is 0. The van der Waals surface area contributed by atoms with E-state index in [9.17, 15) is 4.79 Å². The number of ketones is 1. The molecule has 0 spiro atoms. The first-order chi connectivity index (χ1) is 6.77. The van der Waals surface area contributed by atoms with Crippen molar-refractivity contribution in [3.8, 4) is 0 Å². The molecule has 2 heterocycles. The number of nitrogens with zero attached hydrogens (tertiary/aromatic N) is 1. The monoisotopic (exact) mass is 185 g/mol. The van der Waals surface area contributed by atoms with Gasteiger partial charge in [0.1, 0.15) is 0 Å². The molecule has 0 unspecified atom stereocenters. The van der Waals surface area contributed by atoms with Crippen LogP contribution in [0.15, 0.2) is 24.3 Å². The Hall–Kier alpha value is -1.57. The fraction of sp³-hybridized carbons (Fsp3) is 0.250. The molecule has 2 nitrogen and oxygen atoms in total. The number of Topliss-reactive ketones (excluding diaryl/α,β-unsaturated/α-hetero) is 1. The Bertz CT molecular complexity index is 536. The zero-order valence-electron chi connectivity index (χ0n) is 8.08. The molecule has 70 valence electrons. The van der Waals surface area contributed by atoms with Crippen molar-refractivity contribution in [3.05, 3.63) is 35.5 Å². The lowest BCUT2D eigenvalue weighted by atomic mass is 10.1. The van der Waals surface area contributed by atoms with E-state index in [4.69, 9.17) is 0 Å². The molecule has 0 atom stereocenters. The van der Waals surface area contributed by atoms with Gasteiger partial charge in [-0.15, -0.1) is 0 Å². The van der Waals surface area contributed by atoms with Crippen LogP contribution in [0.5, 0.6) is 0 Å². The van der Waals surface area contributed by atoms with Gasteiger partial charge < -0.3 is 4.57 Å². The van der Waals surface area contributed by atoms with Crippen LogP contribution in [0.25, 0.3) is 10.9 Å². The molecule has 1 aromatic heterocycles. The van der Waals surface area contributed by atoms with Gasteiger partial charge in [0.2, 0.25) is 0 Å². The van der Waals surface area contributed by atoms with E-state index in [0.717, 1.165) is 12.2 Å². The minimum Gasteiger partial charge on any atom is -0.338 e. The molecular weight excluding hydrogens is 174 g/mol. The van der Waals surface area contributed by atoms with Crippen LogP contribution < -0.4 is 0 Å². The lowest BCUT2D eigenvalue weighted by Gasteiger charge is -1.99. The summed E-state index contributed by atoms with van der Waals surface area (Å²) in [4.78, 5) is 11.5. The van der Waals surface area contributed by atoms with Crippen molar-refractivity contribution in [3.63, 3.8) is 0 Å². The lowest BCUT2D eigenvalue weighted by molar-refractivity contribution is 0.0994. The molecule has 2 aromatic rings. The average molecular weight is 185 g/mol. The van der Waals surface area contributed by atoms with E-state index >= 15 is 0 Å². The number of carbonyl (C=O) groups excluding carboxylic acids is 1. The molecule has 0 fully saturated rings. The molecule has 0 saturated carbocycles. The van der Waals surface area contributed by atoms with Gasteiger partial charge in [-0.2, -0.15) is 0 Å². The maximum Gasteiger partial charge on any atom is 0.181 e. The van der Waals surface area contributed by atoms with E-state index in [2.05, 4.69) is 23.6 Å². The standard InChI is InChI=1S/C12H11NO/c1-8-3-2-4-10-9(8)7-11-12(14)5-6-13(10)11/h2-4,7H,5-6H2,1H3. The van der Waals surface area contributed by atoms with Gasteiger partial charge in [-0.3, -0.25) is 4.79 Å². The van der Waals surface area contributed by atoms with Gasteiger partial charge in [0, 0.05) is 23.9 Å². The summed E-state index contributed by atoms with van der Waals surface area (Å²) >= 11 is 0. The van der Waals surface area contributed by atoms with Crippen molar-refractivity contribution in [1.29, 1.82) is 0 Å². The highest BCUT2D eigenvalue weighted by atomic mass is 16.1. The van der Waals surface area contributed by atoms with E-state index in [1.165, 1.54) is 16.5 Å². The fourth-order valence-electron chi connectivity index (χ4n) is 2.25. The normalized spacial score (nSPS) is 15.1. The third-order valence-electron chi connectivity index (χ3n) is 3.01. The van der Waals surface area contributed by atoms with Gasteiger partial charge in [0.15, 0.2) is 5.78 Å². The van der Waals surface area contributed by atoms with Crippen LogP contribution in [0.2, 0.25) is 0 Å². The maximum atomic E-state index is 11.5. The van der Waals surface area contributed by atoms with Gasteiger partial charge in [-0.25, -0.2) is 0 Å². The van der Waals surface area contributed by atoms with E-state index in [1.807, 2.05) is 12.1 Å². The largest absolute Gasteiger partial charge is 0.338 e. The summed E-state index contributed by atoms with van der Waals surface area (Å²) in [6.45, 7) is 2.93. The van der Waals surface area contributed by atoms with Gasteiger partial charge in [0.05, 0.1) is 5.69 Å². The predicted molar refractivity (Wildman–Crippen MR) is 55.6 cm³/mol. The Morgan fingerprint density at radius 3 is 3.07 bits per heavy atom. The molecule has 1 aliphatic rings. The van der Waals surface area contributed by atoms with E-state index in [1.54, 1.807) is 0 Å². The van der Waals surface area contributed by atoms with Gasteiger partial charge in [0.25, 0.3) is 0 Å². The first-order valence-corrected chi connectivity index (χ1v) is 4.89. The molecule has 0 radical (unpaired) electrons. The Morgan fingerprint density at radius 1 is 1.36 bits per heavy atom. The van der Waals surface area contributed by atoms with Gasteiger partial charge in [-0.05, 0) is 24.6 Å². The number of aryl methyl sites for hydroxylation is 2.